The Balaban J connectivity index is 0.000000186. The molecule has 11 N–H and O–H groups in total. The third-order valence-electron chi connectivity index (χ3n) is 16.9. The zero-order chi connectivity index (χ0) is 67.5. The van der Waals surface area contributed by atoms with E-state index >= 15 is 0 Å². The Kier molecular flexibility index (Phi) is 27.4. The van der Waals surface area contributed by atoms with Gasteiger partial charge in [-0.15, -0.1) is 0 Å². The highest BCUT2D eigenvalue weighted by Gasteiger charge is 2.19. The van der Waals surface area contributed by atoms with Crippen LogP contribution in [0.1, 0.15) is 116 Å². The van der Waals surface area contributed by atoms with Crippen LogP contribution in [-0.4, -0.2) is 81.6 Å². The number of nitrogens with one attached hydrogen (secondary N) is 3. The quantitative estimate of drug-likeness (QED) is 0.0283. The zero-order valence-electron chi connectivity index (χ0n) is 57.9. The Morgan fingerprint density at radius 1 is 0.378 bits per heavy atom. The lowest BCUT2D eigenvalue weighted by atomic mass is 10.0. The number of rotatable bonds is 27. The summed E-state index contributed by atoms with van der Waals surface area (Å²) in [4.78, 5) is 28.0. The Labute approximate surface area is 589 Å². The van der Waals surface area contributed by atoms with Gasteiger partial charge in [0.1, 0.15) is 48.5 Å². The summed E-state index contributed by atoms with van der Waals surface area (Å²) in [6.07, 6.45) is 8.33. The molecule has 6 aromatic heterocycles. The molecular formula is C78H95Cl2N15O3. The van der Waals surface area contributed by atoms with Crippen molar-refractivity contribution in [1.82, 2.24) is 43.6 Å². The van der Waals surface area contributed by atoms with Crippen LogP contribution in [0.2, 0.25) is 0 Å². The second kappa shape index (κ2) is 36.1. The maximum absolute atomic E-state index is 6.03. The molecule has 0 saturated carbocycles. The van der Waals surface area contributed by atoms with Gasteiger partial charge in [0.2, 0.25) is 17.6 Å². The van der Waals surface area contributed by atoms with Crippen molar-refractivity contribution in [1.29, 1.82) is 0 Å². The second-order valence-corrected chi connectivity index (χ2v) is 25.2. The van der Waals surface area contributed by atoms with Crippen molar-refractivity contribution in [2.24, 2.45) is 5.73 Å². The predicted octanol–water partition coefficient (Wildman–Crippen LogP) is 8.80. The van der Waals surface area contributed by atoms with Crippen molar-refractivity contribution in [3.8, 4) is 51.0 Å². The summed E-state index contributed by atoms with van der Waals surface area (Å²) in [5, 5.41) is 10.6. The first-order valence-electron chi connectivity index (χ1n) is 33.7. The van der Waals surface area contributed by atoms with Crippen LogP contribution >= 0.6 is 0 Å². The summed E-state index contributed by atoms with van der Waals surface area (Å²) >= 11 is 0. The monoisotopic (exact) mass is 1360 g/mol. The Morgan fingerprint density at radius 3 is 0.898 bits per heavy atom. The lowest BCUT2D eigenvalue weighted by Crippen LogP contribution is -3.00. The normalized spacial score (nSPS) is 12.0. The molecule has 0 bridgehead atoms. The fraction of sp³-hybridized carbons (Fsp3) is 0.308. The number of halogens is 2. The number of nitrogens with two attached hydrogens (primary N) is 1. The largest absolute Gasteiger partial charge is 1.00 e. The number of pyridine rings is 3. The summed E-state index contributed by atoms with van der Waals surface area (Å²) in [6, 6.07) is 64.2. The van der Waals surface area contributed by atoms with Gasteiger partial charge in [-0.2, -0.15) is 15.0 Å². The minimum absolute atomic E-state index is 0. The first-order valence-corrected chi connectivity index (χ1v) is 33.7. The number of hydrogen-bond donors (Lipinski definition) is 6. The SMILES string of the molecule is CC[C@@H]([NH3+])COc1cc(NCc2ccc(-c3ccccc3)cc2)c2ncn(C(C)C)c2n1.CC[C@H](N)COc1cc(NCc2ccc(-c3ccccc3)cc2)c2ncn(C(C)C)c2n1.CC[C@H]([NH3+])COc1cc(NCc2ccc(-c3ccccc3)cc2)c2ncn(C(C)C)c2n1.[Cl-].[Cl-]. The number of benzene rings is 6. The number of ether oxygens (including phenoxy) is 3. The maximum Gasteiger partial charge on any atom is 0.217 e. The third kappa shape index (κ3) is 19.6. The predicted molar refractivity (Wildman–Crippen MR) is 390 cm³/mol. The van der Waals surface area contributed by atoms with Crippen molar-refractivity contribution in [3.05, 3.63) is 218 Å². The van der Waals surface area contributed by atoms with Crippen LogP contribution in [0.3, 0.4) is 0 Å². The lowest BCUT2D eigenvalue weighted by Gasteiger charge is -2.14. The van der Waals surface area contributed by atoms with E-state index < -0.39 is 0 Å². The fourth-order valence-electron chi connectivity index (χ4n) is 10.6. The molecule has 0 fully saturated rings. The number of nitrogens with zero attached hydrogens (tertiary/aromatic N) is 9. The van der Waals surface area contributed by atoms with Crippen LogP contribution < -0.4 is 72.2 Å². The molecule has 0 unspecified atom stereocenters. The van der Waals surface area contributed by atoms with Gasteiger partial charge in [0.25, 0.3) is 0 Å². The number of quaternary nitrogens is 2. The van der Waals surface area contributed by atoms with E-state index in [-0.39, 0.29) is 61.1 Å². The molecule has 514 valence electrons. The van der Waals surface area contributed by atoms with E-state index in [9.17, 15) is 0 Å². The Hall–Kier alpha value is -9.56. The van der Waals surface area contributed by atoms with Crippen LogP contribution in [0, 0.1) is 0 Å². The highest BCUT2D eigenvalue weighted by Crippen LogP contribution is 2.32. The highest BCUT2D eigenvalue weighted by molar-refractivity contribution is 5.88. The van der Waals surface area contributed by atoms with Gasteiger partial charge < -0.3 is 85.9 Å². The molecule has 20 heteroatoms. The maximum atomic E-state index is 6.03. The van der Waals surface area contributed by atoms with Crippen molar-refractivity contribution in [2.45, 2.75) is 137 Å². The Bertz CT molecular complexity index is 3920. The van der Waals surface area contributed by atoms with Crippen LogP contribution in [0.15, 0.2) is 201 Å². The van der Waals surface area contributed by atoms with Crippen LogP contribution in [0.5, 0.6) is 17.6 Å². The van der Waals surface area contributed by atoms with E-state index in [1.54, 1.807) is 0 Å². The molecule has 6 aromatic carbocycles. The topological polar surface area (TPSA) is 237 Å². The molecule has 0 amide bonds. The highest BCUT2D eigenvalue weighted by atomic mass is 35.5. The molecule has 0 aliphatic carbocycles. The van der Waals surface area contributed by atoms with Crippen LogP contribution in [-0.2, 0) is 19.6 Å². The summed E-state index contributed by atoms with van der Waals surface area (Å²) < 4.78 is 24.1. The third-order valence-corrected chi connectivity index (χ3v) is 16.9. The number of hydrogen-bond acceptors (Lipinski definition) is 13. The van der Waals surface area contributed by atoms with E-state index in [1.807, 2.05) is 55.4 Å². The van der Waals surface area contributed by atoms with Crippen LogP contribution in [0.4, 0.5) is 17.1 Å². The molecule has 0 saturated heterocycles. The van der Waals surface area contributed by atoms with E-state index in [0.29, 0.717) is 57.1 Å². The van der Waals surface area contributed by atoms with Crippen LogP contribution in [0.25, 0.3) is 66.9 Å². The van der Waals surface area contributed by atoms with Crippen molar-refractivity contribution in [3.63, 3.8) is 0 Å². The minimum Gasteiger partial charge on any atom is -1.00 e. The number of imidazole rings is 3. The molecule has 98 heavy (non-hydrogen) atoms. The van der Waals surface area contributed by atoms with Gasteiger partial charge in [-0.25, -0.2) is 15.0 Å². The minimum atomic E-state index is -0.0120. The van der Waals surface area contributed by atoms with Crippen molar-refractivity contribution < 1.29 is 50.5 Å². The molecule has 3 atom stereocenters. The van der Waals surface area contributed by atoms with E-state index in [0.717, 1.165) is 69.8 Å². The standard InChI is InChI=1S/3C26H31N5O.2ClH/c3*1-4-22(27)16-32-24-14-23(25-26(30-24)31(17-29-25)18(2)3)28-15-19-10-12-21(13-11-19)20-8-6-5-7-9-20;;/h3*5-14,17-18,22H,4,15-16,27H2,1-3H3,(H,28,30);2*1H/t3*22-;;/m100../s1. The smallest absolute Gasteiger partial charge is 0.217 e. The number of aromatic nitrogens is 9. The Morgan fingerprint density at radius 2 is 0.643 bits per heavy atom. The van der Waals surface area contributed by atoms with Gasteiger partial charge >= 0.3 is 0 Å². The summed E-state index contributed by atoms with van der Waals surface area (Å²) in [5.41, 5.74) is 32.9. The van der Waals surface area contributed by atoms with E-state index in [2.05, 4.69) is 264 Å². The molecule has 18 nitrogen and oxygen atoms in total. The van der Waals surface area contributed by atoms with Gasteiger partial charge in [-0.3, -0.25) is 0 Å². The van der Waals surface area contributed by atoms with Crippen molar-refractivity contribution >= 4 is 50.6 Å². The van der Waals surface area contributed by atoms with Gasteiger partial charge in [0.15, 0.2) is 16.9 Å². The summed E-state index contributed by atoms with van der Waals surface area (Å²) in [5.74, 6) is 1.76. The zero-order valence-corrected chi connectivity index (χ0v) is 59.4. The fourth-order valence-corrected chi connectivity index (χ4v) is 10.6. The molecular weight excluding hydrogens is 1270 g/mol. The number of fused-ring (bicyclic) bond motifs is 3. The number of anilines is 3. The average molecular weight is 1360 g/mol. The first-order chi connectivity index (χ1) is 46.6. The molecule has 12 rings (SSSR count). The van der Waals surface area contributed by atoms with Gasteiger partial charge in [-0.05, 0) is 111 Å². The van der Waals surface area contributed by atoms with Gasteiger partial charge in [0, 0.05) is 62.0 Å². The molecule has 6 heterocycles. The lowest BCUT2D eigenvalue weighted by molar-refractivity contribution is -0.424. The second-order valence-electron chi connectivity index (χ2n) is 25.2. The van der Waals surface area contributed by atoms with E-state index in [4.69, 9.17) is 34.9 Å². The molecule has 12 aromatic rings. The van der Waals surface area contributed by atoms with Gasteiger partial charge in [0.05, 0.1) is 36.0 Å². The average Bonchev–Trinajstić information content (AvgIpc) is 1.62. The molecule has 0 spiro atoms. The molecule has 0 radical (unpaired) electrons. The first kappa shape index (κ1) is 74.2. The summed E-state index contributed by atoms with van der Waals surface area (Å²) in [6.45, 7) is 22.6. The molecule has 0 aliphatic heterocycles. The summed E-state index contributed by atoms with van der Waals surface area (Å²) in [7, 11) is 0. The van der Waals surface area contributed by atoms with Crippen molar-refractivity contribution in [2.75, 3.05) is 35.8 Å². The molecule has 0 aliphatic rings. The van der Waals surface area contributed by atoms with Gasteiger partial charge in [-0.1, -0.05) is 185 Å². The van der Waals surface area contributed by atoms with E-state index in [1.165, 1.54) is 50.1 Å².